The molecule has 0 unspecified atom stereocenters. The number of rotatable bonds is 9. The van der Waals surface area contributed by atoms with Gasteiger partial charge in [-0.3, -0.25) is 9.52 Å². The standard InChI is InChI=1S/C20H26N2O4S/c1-15(2)26-13-7-12-21-20(23)17-11-10-16(3)19(14-17)22-27(24,25)18-8-5-4-6-9-18/h4-6,8-11,14-15,22H,7,12-13H2,1-3H3,(H,21,23). The molecule has 0 aliphatic heterocycles. The van der Waals surface area contributed by atoms with Crippen LogP contribution in [0.15, 0.2) is 53.4 Å². The summed E-state index contributed by atoms with van der Waals surface area (Å²) in [5.41, 5.74) is 1.52. The molecule has 0 bridgehead atoms. The Bertz CT molecular complexity index is 865. The highest BCUT2D eigenvalue weighted by atomic mass is 32.2. The second kappa shape index (κ2) is 9.53. The molecule has 0 heterocycles. The van der Waals surface area contributed by atoms with Gasteiger partial charge in [0, 0.05) is 18.7 Å². The molecule has 0 aromatic heterocycles. The molecule has 0 fully saturated rings. The third kappa shape index (κ3) is 6.37. The SMILES string of the molecule is Cc1ccc(C(=O)NCCCOC(C)C)cc1NS(=O)(=O)c1ccccc1. The molecule has 2 N–H and O–H groups in total. The van der Waals surface area contributed by atoms with E-state index in [9.17, 15) is 13.2 Å². The summed E-state index contributed by atoms with van der Waals surface area (Å²) in [5, 5.41) is 2.82. The second-order valence-electron chi connectivity index (χ2n) is 6.48. The van der Waals surface area contributed by atoms with Gasteiger partial charge < -0.3 is 10.1 Å². The van der Waals surface area contributed by atoms with Crippen molar-refractivity contribution in [1.29, 1.82) is 0 Å². The van der Waals surface area contributed by atoms with E-state index in [-0.39, 0.29) is 16.9 Å². The topological polar surface area (TPSA) is 84.5 Å². The van der Waals surface area contributed by atoms with Crippen LogP contribution in [-0.4, -0.2) is 33.6 Å². The van der Waals surface area contributed by atoms with Crippen molar-refractivity contribution in [3.63, 3.8) is 0 Å². The van der Waals surface area contributed by atoms with E-state index < -0.39 is 10.0 Å². The number of benzene rings is 2. The average molecular weight is 391 g/mol. The van der Waals surface area contributed by atoms with Gasteiger partial charge >= 0.3 is 0 Å². The highest BCUT2D eigenvalue weighted by Crippen LogP contribution is 2.21. The number of amides is 1. The molecular formula is C20H26N2O4S. The summed E-state index contributed by atoms with van der Waals surface area (Å²) in [7, 11) is -3.71. The van der Waals surface area contributed by atoms with E-state index in [1.54, 1.807) is 43.3 Å². The van der Waals surface area contributed by atoms with Crippen molar-refractivity contribution in [2.75, 3.05) is 17.9 Å². The Balaban J connectivity index is 2.04. The van der Waals surface area contributed by atoms with E-state index >= 15 is 0 Å². The van der Waals surface area contributed by atoms with E-state index in [2.05, 4.69) is 10.0 Å². The Kier molecular flexibility index (Phi) is 7.38. The molecule has 0 saturated carbocycles. The highest BCUT2D eigenvalue weighted by molar-refractivity contribution is 7.92. The molecule has 0 saturated heterocycles. The van der Waals surface area contributed by atoms with Gasteiger partial charge in [-0.15, -0.1) is 0 Å². The Morgan fingerprint density at radius 1 is 1.11 bits per heavy atom. The van der Waals surface area contributed by atoms with Crippen LogP contribution in [0.4, 0.5) is 5.69 Å². The fraction of sp³-hybridized carbons (Fsp3) is 0.350. The van der Waals surface area contributed by atoms with Gasteiger partial charge in [-0.25, -0.2) is 8.42 Å². The summed E-state index contributed by atoms with van der Waals surface area (Å²) in [5.74, 6) is -0.250. The van der Waals surface area contributed by atoms with Crippen LogP contribution in [0.25, 0.3) is 0 Å². The number of anilines is 1. The van der Waals surface area contributed by atoms with E-state index in [1.165, 1.54) is 12.1 Å². The van der Waals surface area contributed by atoms with E-state index in [0.717, 1.165) is 5.56 Å². The van der Waals surface area contributed by atoms with Gasteiger partial charge in [-0.1, -0.05) is 24.3 Å². The monoisotopic (exact) mass is 390 g/mol. The van der Waals surface area contributed by atoms with Crippen molar-refractivity contribution in [2.24, 2.45) is 0 Å². The number of ether oxygens (including phenoxy) is 1. The number of aryl methyl sites for hydroxylation is 1. The van der Waals surface area contributed by atoms with Gasteiger partial charge in [0.05, 0.1) is 16.7 Å². The van der Waals surface area contributed by atoms with E-state index in [4.69, 9.17) is 4.74 Å². The number of hydrogen-bond donors (Lipinski definition) is 2. The van der Waals surface area contributed by atoms with Crippen LogP contribution < -0.4 is 10.0 Å². The molecule has 0 radical (unpaired) electrons. The Hall–Kier alpha value is -2.38. The molecular weight excluding hydrogens is 364 g/mol. The summed E-state index contributed by atoms with van der Waals surface area (Å²) in [6.07, 6.45) is 0.876. The zero-order chi connectivity index (χ0) is 19.9. The van der Waals surface area contributed by atoms with Crippen LogP contribution >= 0.6 is 0 Å². The highest BCUT2D eigenvalue weighted by Gasteiger charge is 2.16. The van der Waals surface area contributed by atoms with Gasteiger partial charge in [-0.2, -0.15) is 0 Å². The summed E-state index contributed by atoms with van der Waals surface area (Å²) >= 11 is 0. The molecule has 7 heteroatoms. The third-order valence-corrected chi connectivity index (χ3v) is 5.24. The average Bonchev–Trinajstić information content (AvgIpc) is 2.63. The first-order valence-corrected chi connectivity index (χ1v) is 10.4. The first kappa shape index (κ1) is 20.9. The van der Waals surface area contributed by atoms with Crippen LogP contribution in [0.5, 0.6) is 0 Å². The molecule has 6 nitrogen and oxygen atoms in total. The lowest BCUT2D eigenvalue weighted by molar-refractivity contribution is 0.0757. The predicted molar refractivity (Wildman–Crippen MR) is 106 cm³/mol. The van der Waals surface area contributed by atoms with Gasteiger partial charge in [-0.05, 0) is 57.0 Å². The Morgan fingerprint density at radius 3 is 2.48 bits per heavy atom. The largest absolute Gasteiger partial charge is 0.379 e. The smallest absolute Gasteiger partial charge is 0.261 e. The first-order valence-electron chi connectivity index (χ1n) is 8.88. The van der Waals surface area contributed by atoms with Crippen molar-refractivity contribution in [1.82, 2.24) is 5.32 Å². The molecule has 2 rings (SSSR count). The summed E-state index contributed by atoms with van der Waals surface area (Å²) < 4.78 is 33.0. The minimum Gasteiger partial charge on any atom is -0.379 e. The molecule has 146 valence electrons. The Labute approximate surface area is 161 Å². The van der Waals surface area contributed by atoms with E-state index in [0.29, 0.717) is 30.8 Å². The molecule has 0 spiro atoms. The van der Waals surface area contributed by atoms with Crippen LogP contribution in [0.2, 0.25) is 0 Å². The minimum atomic E-state index is -3.71. The van der Waals surface area contributed by atoms with Crippen LogP contribution in [0.1, 0.15) is 36.2 Å². The van der Waals surface area contributed by atoms with Crippen molar-refractivity contribution < 1.29 is 17.9 Å². The number of carbonyl (C=O) groups excluding carboxylic acids is 1. The number of nitrogens with one attached hydrogen (secondary N) is 2. The minimum absolute atomic E-state index is 0.165. The normalized spacial score (nSPS) is 11.4. The summed E-state index contributed by atoms with van der Waals surface area (Å²) in [6, 6.07) is 13.1. The second-order valence-corrected chi connectivity index (χ2v) is 8.16. The van der Waals surface area contributed by atoms with Gasteiger partial charge in [0.15, 0.2) is 0 Å². The number of hydrogen-bond acceptors (Lipinski definition) is 4. The van der Waals surface area contributed by atoms with Crippen molar-refractivity contribution in [3.8, 4) is 0 Å². The van der Waals surface area contributed by atoms with Gasteiger partial charge in [0.1, 0.15) is 0 Å². The molecule has 2 aromatic rings. The van der Waals surface area contributed by atoms with Crippen LogP contribution in [-0.2, 0) is 14.8 Å². The zero-order valence-electron chi connectivity index (χ0n) is 15.9. The fourth-order valence-electron chi connectivity index (χ4n) is 2.37. The van der Waals surface area contributed by atoms with Gasteiger partial charge in [0.25, 0.3) is 15.9 Å². The lowest BCUT2D eigenvalue weighted by Crippen LogP contribution is -2.26. The predicted octanol–water partition coefficient (Wildman–Crippen LogP) is 3.34. The lowest BCUT2D eigenvalue weighted by atomic mass is 10.1. The van der Waals surface area contributed by atoms with Crippen molar-refractivity contribution >= 4 is 21.6 Å². The molecule has 0 aliphatic rings. The maximum Gasteiger partial charge on any atom is 0.261 e. The zero-order valence-corrected chi connectivity index (χ0v) is 16.7. The molecule has 1 amide bonds. The molecule has 2 aromatic carbocycles. The van der Waals surface area contributed by atoms with Crippen molar-refractivity contribution in [3.05, 3.63) is 59.7 Å². The first-order chi connectivity index (χ1) is 12.8. The van der Waals surface area contributed by atoms with Gasteiger partial charge in [0.2, 0.25) is 0 Å². The summed E-state index contributed by atoms with van der Waals surface area (Å²) in [4.78, 5) is 12.5. The Morgan fingerprint density at radius 2 is 1.81 bits per heavy atom. The molecule has 27 heavy (non-hydrogen) atoms. The fourth-order valence-corrected chi connectivity index (χ4v) is 3.51. The maximum atomic E-state index is 12.5. The van der Waals surface area contributed by atoms with Crippen LogP contribution in [0.3, 0.4) is 0 Å². The quantitative estimate of drug-likeness (QED) is 0.643. The molecule has 0 aliphatic carbocycles. The van der Waals surface area contributed by atoms with Crippen molar-refractivity contribution in [2.45, 2.75) is 38.2 Å². The number of sulfonamides is 1. The van der Waals surface area contributed by atoms with Crippen LogP contribution in [0, 0.1) is 6.92 Å². The molecule has 0 atom stereocenters. The van der Waals surface area contributed by atoms with E-state index in [1.807, 2.05) is 13.8 Å². The lowest BCUT2D eigenvalue weighted by Gasteiger charge is -2.13. The third-order valence-electron chi connectivity index (χ3n) is 3.86. The summed E-state index contributed by atoms with van der Waals surface area (Å²) in [6.45, 7) is 6.78. The maximum absolute atomic E-state index is 12.5. The number of carbonyl (C=O) groups is 1.